The Kier molecular flexibility index (Phi) is 3.56. The van der Waals surface area contributed by atoms with Gasteiger partial charge in [0.1, 0.15) is 16.4 Å². The van der Waals surface area contributed by atoms with E-state index in [1.54, 1.807) is 30.3 Å². The monoisotopic (exact) mass is 264 g/mol. The molecule has 0 unspecified atom stereocenters. The summed E-state index contributed by atoms with van der Waals surface area (Å²) in [6.45, 7) is 0. The number of hydrogen-bond donors (Lipinski definition) is 1. The lowest BCUT2D eigenvalue weighted by molar-refractivity contribution is 0.463. The molecule has 1 aromatic heterocycles. The highest BCUT2D eigenvalue weighted by Crippen LogP contribution is 2.27. The molecule has 2 aromatic rings. The number of nitrogens with zero attached hydrogens (tertiary/aromatic N) is 1. The first kappa shape index (κ1) is 11.8. The average Bonchev–Trinajstić information content (AvgIpc) is 2.32. The van der Waals surface area contributed by atoms with E-state index in [-0.39, 0.29) is 4.99 Å². The molecule has 0 fully saturated rings. The normalized spacial score (nSPS) is 9.94. The van der Waals surface area contributed by atoms with Crippen LogP contribution in [0.4, 0.5) is 0 Å². The van der Waals surface area contributed by atoms with Crippen LogP contribution in [0.5, 0.6) is 11.6 Å². The van der Waals surface area contributed by atoms with Crippen LogP contribution >= 0.6 is 23.8 Å². The molecule has 0 radical (unpaired) electrons. The molecule has 1 heterocycles. The number of halogens is 1. The van der Waals surface area contributed by atoms with Gasteiger partial charge >= 0.3 is 0 Å². The lowest BCUT2D eigenvalue weighted by atomic mass is 10.3. The van der Waals surface area contributed by atoms with Crippen LogP contribution in [-0.4, -0.2) is 9.97 Å². The van der Waals surface area contributed by atoms with Crippen molar-refractivity contribution < 1.29 is 4.74 Å². The maximum atomic E-state index is 5.97. The van der Waals surface area contributed by atoms with Crippen LogP contribution in [0.3, 0.4) is 0 Å². The molecule has 0 spiro atoms. The number of rotatable bonds is 3. The van der Waals surface area contributed by atoms with Gasteiger partial charge in [-0.1, -0.05) is 42.0 Å². The van der Waals surface area contributed by atoms with Crippen molar-refractivity contribution in [3.8, 4) is 11.6 Å². The summed E-state index contributed by atoms with van der Waals surface area (Å²) in [5, 5.41) is 0.523. The minimum absolute atomic E-state index is 0.231. The van der Waals surface area contributed by atoms with Crippen molar-refractivity contribution in [3.63, 3.8) is 0 Å². The van der Waals surface area contributed by atoms with Crippen LogP contribution < -0.4 is 10.5 Å². The van der Waals surface area contributed by atoms with Crippen LogP contribution in [0.25, 0.3) is 0 Å². The van der Waals surface area contributed by atoms with E-state index in [2.05, 4.69) is 4.98 Å². The Hall–Kier alpha value is -1.65. The van der Waals surface area contributed by atoms with Crippen LogP contribution in [0.15, 0.2) is 42.5 Å². The van der Waals surface area contributed by atoms with Crippen molar-refractivity contribution >= 4 is 28.8 Å². The van der Waals surface area contributed by atoms with E-state index in [1.807, 2.05) is 12.1 Å². The van der Waals surface area contributed by atoms with Crippen molar-refractivity contribution in [2.75, 3.05) is 0 Å². The molecule has 0 aliphatic carbocycles. The van der Waals surface area contributed by atoms with Crippen LogP contribution in [-0.2, 0) is 0 Å². The van der Waals surface area contributed by atoms with E-state index >= 15 is 0 Å². The highest BCUT2D eigenvalue weighted by atomic mass is 35.5. The van der Waals surface area contributed by atoms with Crippen molar-refractivity contribution in [1.29, 1.82) is 0 Å². The predicted molar refractivity (Wildman–Crippen MR) is 71.7 cm³/mol. The van der Waals surface area contributed by atoms with Crippen molar-refractivity contribution in [1.82, 2.24) is 4.98 Å². The summed E-state index contributed by atoms with van der Waals surface area (Å²) in [5.41, 5.74) is 6.01. The molecule has 0 saturated carbocycles. The van der Waals surface area contributed by atoms with Crippen LogP contribution in [0.1, 0.15) is 5.69 Å². The molecule has 86 valence electrons. The van der Waals surface area contributed by atoms with Crippen molar-refractivity contribution in [2.45, 2.75) is 0 Å². The van der Waals surface area contributed by atoms with Gasteiger partial charge < -0.3 is 10.5 Å². The lowest BCUT2D eigenvalue weighted by Gasteiger charge is -2.07. The topological polar surface area (TPSA) is 48.1 Å². The molecule has 17 heavy (non-hydrogen) atoms. The van der Waals surface area contributed by atoms with Gasteiger partial charge in [0.15, 0.2) is 0 Å². The zero-order valence-corrected chi connectivity index (χ0v) is 10.3. The zero-order valence-electron chi connectivity index (χ0n) is 8.76. The van der Waals surface area contributed by atoms with Gasteiger partial charge in [0.25, 0.3) is 0 Å². The predicted octanol–water partition coefficient (Wildman–Crippen LogP) is 3.16. The summed E-state index contributed by atoms with van der Waals surface area (Å²) in [4.78, 5) is 4.39. The molecule has 3 nitrogen and oxygen atoms in total. The van der Waals surface area contributed by atoms with E-state index in [0.717, 1.165) is 0 Å². The molecule has 0 atom stereocenters. The SMILES string of the molecule is NC(=S)c1cccc(Oc2ccccc2Cl)n1. The molecule has 0 aliphatic heterocycles. The fourth-order valence-corrected chi connectivity index (χ4v) is 1.54. The number of pyridine rings is 1. The van der Waals surface area contributed by atoms with E-state index in [9.17, 15) is 0 Å². The summed E-state index contributed by atoms with van der Waals surface area (Å²) in [6, 6.07) is 12.4. The largest absolute Gasteiger partial charge is 0.437 e. The zero-order chi connectivity index (χ0) is 12.3. The van der Waals surface area contributed by atoms with E-state index in [4.69, 9.17) is 34.3 Å². The maximum absolute atomic E-state index is 5.97. The van der Waals surface area contributed by atoms with E-state index < -0.39 is 0 Å². The molecular formula is C12H9ClN2OS. The van der Waals surface area contributed by atoms with Crippen LogP contribution in [0.2, 0.25) is 5.02 Å². The number of hydrogen-bond acceptors (Lipinski definition) is 3. The molecular weight excluding hydrogens is 256 g/mol. The lowest BCUT2D eigenvalue weighted by Crippen LogP contribution is -2.11. The van der Waals surface area contributed by atoms with Gasteiger partial charge in [-0.25, -0.2) is 4.98 Å². The second-order valence-electron chi connectivity index (χ2n) is 3.26. The Balaban J connectivity index is 2.28. The van der Waals surface area contributed by atoms with Gasteiger partial charge in [0.05, 0.1) is 5.02 Å². The maximum Gasteiger partial charge on any atom is 0.219 e. The van der Waals surface area contributed by atoms with Gasteiger partial charge in [0.2, 0.25) is 5.88 Å². The highest BCUT2D eigenvalue weighted by Gasteiger charge is 2.04. The van der Waals surface area contributed by atoms with Crippen molar-refractivity contribution in [3.05, 3.63) is 53.2 Å². The Morgan fingerprint density at radius 2 is 1.94 bits per heavy atom. The molecule has 0 amide bonds. The second-order valence-corrected chi connectivity index (χ2v) is 4.10. The Labute approximate surface area is 109 Å². The Bertz CT molecular complexity index is 560. The first-order valence-electron chi connectivity index (χ1n) is 4.86. The number of para-hydroxylation sites is 1. The Morgan fingerprint density at radius 3 is 2.65 bits per heavy atom. The third kappa shape index (κ3) is 2.93. The number of thiocarbonyl (C=S) groups is 1. The second kappa shape index (κ2) is 5.12. The highest BCUT2D eigenvalue weighted by molar-refractivity contribution is 7.80. The molecule has 5 heteroatoms. The van der Waals surface area contributed by atoms with Gasteiger partial charge in [0, 0.05) is 6.07 Å². The Morgan fingerprint density at radius 1 is 1.18 bits per heavy atom. The molecule has 2 N–H and O–H groups in total. The molecule has 0 bridgehead atoms. The van der Waals surface area contributed by atoms with Gasteiger partial charge in [-0.3, -0.25) is 0 Å². The van der Waals surface area contributed by atoms with Gasteiger partial charge in [-0.2, -0.15) is 0 Å². The average molecular weight is 265 g/mol. The summed E-state index contributed by atoms with van der Waals surface area (Å²) in [5.74, 6) is 0.949. The number of aromatic nitrogens is 1. The quantitative estimate of drug-likeness (QED) is 0.865. The van der Waals surface area contributed by atoms with Gasteiger partial charge in [-0.05, 0) is 18.2 Å². The van der Waals surface area contributed by atoms with Crippen molar-refractivity contribution in [2.24, 2.45) is 5.73 Å². The molecule has 1 aromatic carbocycles. The minimum Gasteiger partial charge on any atom is -0.437 e. The smallest absolute Gasteiger partial charge is 0.219 e. The summed E-state index contributed by atoms with van der Waals surface area (Å²) in [7, 11) is 0. The number of benzene rings is 1. The molecule has 0 saturated heterocycles. The first-order valence-corrected chi connectivity index (χ1v) is 5.64. The first-order chi connectivity index (χ1) is 8.16. The summed E-state index contributed by atoms with van der Waals surface area (Å²) in [6.07, 6.45) is 0. The van der Waals surface area contributed by atoms with Gasteiger partial charge in [-0.15, -0.1) is 0 Å². The third-order valence-electron chi connectivity index (χ3n) is 2.03. The minimum atomic E-state index is 0.231. The fraction of sp³-hybridized carbons (Fsp3) is 0. The standard InChI is InChI=1S/C12H9ClN2OS/c13-8-4-1-2-6-10(8)16-11-7-3-5-9(15-11)12(14)17/h1-7H,(H2,14,17). The fourth-order valence-electron chi connectivity index (χ4n) is 1.25. The molecule has 0 aliphatic rings. The number of nitrogens with two attached hydrogens (primary N) is 1. The number of ether oxygens (including phenoxy) is 1. The van der Waals surface area contributed by atoms with Crippen LogP contribution in [0, 0.1) is 0 Å². The van der Waals surface area contributed by atoms with E-state index in [1.165, 1.54) is 0 Å². The summed E-state index contributed by atoms with van der Waals surface area (Å²) < 4.78 is 5.54. The molecule has 2 rings (SSSR count). The van der Waals surface area contributed by atoms with E-state index in [0.29, 0.717) is 22.3 Å². The summed E-state index contributed by atoms with van der Waals surface area (Å²) >= 11 is 10.8. The third-order valence-corrected chi connectivity index (χ3v) is 2.55.